The summed E-state index contributed by atoms with van der Waals surface area (Å²) in [6.45, 7) is 4.92. The minimum atomic E-state index is -3.99. The van der Waals surface area contributed by atoms with E-state index in [1.54, 1.807) is 10.7 Å². The molecule has 30 heavy (non-hydrogen) atoms. The summed E-state index contributed by atoms with van der Waals surface area (Å²) in [5.74, 6) is -0.577. The van der Waals surface area contributed by atoms with Gasteiger partial charge in [-0.05, 0) is 32.0 Å². The van der Waals surface area contributed by atoms with Gasteiger partial charge in [0.2, 0.25) is 10.0 Å². The van der Waals surface area contributed by atoms with E-state index in [9.17, 15) is 17.2 Å². The first-order valence-electron chi connectivity index (χ1n) is 9.31. The number of sulfonamides is 1. The van der Waals surface area contributed by atoms with Crippen molar-refractivity contribution in [1.82, 2.24) is 24.1 Å². The number of halogens is 2. The molecule has 0 amide bonds. The highest BCUT2D eigenvalue weighted by Gasteiger charge is 2.30. The van der Waals surface area contributed by atoms with E-state index in [0.29, 0.717) is 30.8 Å². The van der Waals surface area contributed by atoms with Crippen LogP contribution in [-0.2, 0) is 10.0 Å². The summed E-state index contributed by atoms with van der Waals surface area (Å²) in [7, 11) is -3.99. The monoisotopic (exact) mass is 434 g/mol. The molecule has 2 aromatic heterocycles. The maximum atomic E-state index is 13.5. The molecule has 0 atom stereocenters. The molecule has 11 heteroatoms. The number of piperazine rings is 1. The van der Waals surface area contributed by atoms with Crippen LogP contribution in [0.3, 0.4) is 0 Å². The SMILES string of the molecule is Cc1cc(C)n(-c2cc(N3CCN(S(=O)(=O)c4cc(F)cc(F)c4)CC3)ncn2)n1. The molecular formula is C19H20F2N6O2S. The highest BCUT2D eigenvalue weighted by molar-refractivity contribution is 7.89. The minimum Gasteiger partial charge on any atom is -0.354 e. The van der Waals surface area contributed by atoms with Crippen molar-refractivity contribution in [3.05, 3.63) is 59.7 Å². The Morgan fingerprint density at radius 1 is 0.867 bits per heavy atom. The van der Waals surface area contributed by atoms with Gasteiger partial charge in [0.15, 0.2) is 5.82 Å². The Bertz CT molecular complexity index is 1170. The predicted molar refractivity (Wildman–Crippen MR) is 106 cm³/mol. The third-order valence-electron chi connectivity index (χ3n) is 4.90. The van der Waals surface area contributed by atoms with Gasteiger partial charge in [0.25, 0.3) is 0 Å². The van der Waals surface area contributed by atoms with Crippen molar-refractivity contribution in [2.45, 2.75) is 18.7 Å². The minimum absolute atomic E-state index is 0.166. The Balaban J connectivity index is 1.51. The van der Waals surface area contributed by atoms with E-state index in [1.807, 2.05) is 24.8 Å². The molecule has 1 aliphatic rings. The van der Waals surface area contributed by atoms with Crippen LogP contribution >= 0.6 is 0 Å². The number of benzene rings is 1. The standard InChI is InChI=1S/C19H20F2N6O2S/c1-13-7-14(2)27(24-13)19-11-18(22-12-23-19)25-3-5-26(6-4-25)30(28,29)17-9-15(20)8-16(21)10-17/h7-12H,3-6H2,1-2H3. The molecule has 0 spiro atoms. The number of aromatic nitrogens is 4. The van der Waals surface area contributed by atoms with Gasteiger partial charge in [-0.25, -0.2) is 31.8 Å². The largest absolute Gasteiger partial charge is 0.354 e. The van der Waals surface area contributed by atoms with Crippen molar-refractivity contribution in [3.8, 4) is 5.82 Å². The lowest BCUT2D eigenvalue weighted by Crippen LogP contribution is -2.49. The van der Waals surface area contributed by atoms with Crippen LogP contribution in [0.5, 0.6) is 0 Å². The Labute approximate surface area is 172 Å². The fourth-order valence-electron chi connectivity index (χ4n) is 3.47. The maximum absolute atomic E-state index is 13.5. The normalized spacial score (nSPS) is 15.5. The first-order valence-corrected chi connectivity index (χ1v) is 10.7. The first kappa shape index (κ1) is 20.4. The van der Waals surface area contributed by atoms with Crippen LogP contribution in [-0.4, -0.2) is 58.7 Å². The van der Waals surface area contributed by atoms with E-state index in [4.69, 9.17) is 0 Å². The van der Waals surface area contributed by atoms with E-state index >= 15 is 0 Å². The van der Waals surface area contributed by atoms with Crippen LogP contribution in [0.15, 0.2) is 41.6 Å². The first-order chi connectivity index (χ1) is 14.2. The van der Waals surface area contributed by atoms with Gasteiger partial charge in [-0.15, -0.1) is 0 Å². The summed E-state index contributed by atoms with van der Waals surface area (Å²) in [6.07, 6.45) is 1.44. The highest BCUT2D eigenvalue weighted by Crippen LogP contribution is 2.22. The van der Waals surface area contributed by atoms with Gasteiger partial charge in [-0.1, -0.05) is 0 Å². The molecule has 0 N–H and O–H groups in total. The summed E-state index contributed by atoms with van der Waals surface area (Å²) in [5, 5.41) is 4.42. The Morgan fingerprint density at radius 2 is 1.50 bits per heavy atom. The second-order valence-electron chi connectivity index (χ2n) is 7.07. The average Bonchev–Trinajstić information content (AvgIpc) is 3.05. The lowest BCUT2D eigenvalue weighted by Gasteiger charge is -2.34. The lowest BCUT2D eigenvalue weighted by atomic mass is 10.3. The van der Waals surface area contributed by atoms with Crippen LogP contribution in [0.4, 0.5) is 14.6 Å². The van der Waals surface area contributed by atoms with Crippen molar-refractivity contribution in [3.63, 3.8) is 0 Å². The topological polar surface area (TPSA) is 84.2 Å². The quantitative estimate of drug-likeness (QED) is 0.625. The van der Waals surface area contributed by atoms with Crippen molar-refractivity contribution in [2.75, 3.05) is 31.1 Å². The molecule has 0 unspecified atom stereocenters. The van der Waals surface area contributed by atoms with E-state index < -0.39 is 21.7 Å². The highest BCUT2D eigenvalue weighted by atomic mass is 32.2. The van der Waals surface area contributed by atoms with Gasteiger partial charge in [-0.2, -0.15) is 9.40 Å². The fraction of sp³-hybridized carbons (Fsp3) is 0.316. The molecule has 1 fully saturated rings. The molecule has 1 saturated heterocycles. The third kappa shape index (κ3) is 3.90. The number of hydrogen-bond donors (Lipinski definition) is 0. The van der Waals surface area contributed by atoms with Crippen LogP contribution in [0.25, 0.3) is 5.82 Å². The molecule has 158 valence electrons. The molecular weight excluding hydrogens is 414 g/mol. The zero-order chi connectivity index (χ0) is 21.5. The predicted octanol–water partition coefficient (Wildman–Crippen LogP) is 2.07. The number of nitrogens with zero attached hydrogens (tertiary/aromatic N) is 6. The van der Waals surface area contributed by atoms with Crippen LogP contribution in [0.2, 0.25) is 0 Å². The number of hydrogen-bond acceptors (Lipinski definition) is 6. The van der Waals surface area contributed by atoms with Crippen molar-refractivity contribution in [2.24, 2.45) is 0 Å². The Morgan fingerprint density at radius 3 is 2.10 bits per heavy atom. The summed E-state index contributed by atoms with van der Waals surface area (Å²) in [6, 6.07) is 6.05. The summed E-state index contributed by atoms with van der Waals surface area (Å²) in [5.41, 5.74) is 1.82. The molecule has 4 rings (SSSR count). The van der Waals surface area contributed by atoms with Crippen LogP contribution in [0.1, 0.15) is 11.4 Å². The molecule has 3 heterocycles. The second-order valence-corrected chi connectivity index (χ2v) is 9.01. The molecule has 1 aromatic carbocycles. The van der Waals surface area contributed by atoms with Crippen molar-refractivity contribution >= 4 is 15.8 Å². The molecule has 1 aliphatic heterocycles. The van der Waals surface area contributed by atoms with Crippen molar-refractivity contribution in [1.29, 1.82) is 0 Å². The van der Waals surface area contributed by atoms with Crippen molar-refractivity contribution < 1.29 is 17.2 Å². The Kier molecular flexibility index (Phi) is 5.24. The molecule has 3 aromatic rings. The van der Waals surface area contributed by atoms with Gasteiger partial charge < -0.3 is 4.90 Å². The maximum Gasteiger partial charge on any atom is 0.243 e. The van der Waals surface area contributed by atoms with E-state index in [2.05, 4.69) is 15.1 Å². The number of rotatable bonds is 4. The van der Waals surface area contributed by atoms with Gasteiger partial charge in [-0.3, -0.25) is 0 Å². The zero-order valence-corrected chi connectivity index (χ0v) is 17.3. The van der Waals surface area contributed by atoms with Gasteiger partial charge in [0, 0.05) is 44.0 Å². The second kappa shape index (κ2) is 7.73. The number of aryl methyl sites for hydroxylation is 2. The van der Waals surface area contributed by atoms with Gasteiger partial charge in [0.1, 0.15) is 23.8 Å². The van der Waals surface area contributed by atoms with E-state index in [-0.39, 0.29) is 18.0 Å². The third-order valence-corrected chi connectivity index (χ3v) is 6.78. The zero-order valence-electron chi connectivity index (χ0n) is 16.5. The number of anilines is 1. The smallest absolute Gasteiger partial charge is 0.243 e. The summed E-state index contributed by atoms with van der Waals surface area (Å²) in [4.78, 5) is 10.1. The molecule has 0 radical (unpaired) electrons. The van der Waals surface area contributed by atoms with Gasteiger partial charge in [0.05, 0.1) is 10.6 Å². The summed E-state index contributed by atoms with van der Waals surface area (Å²) >= 11 is 0. The Hall–Kier alpha value is -2.92. The molecule has 0 saturated carbocycles. The van der Waals surface area contributed by atoms with Crippen LogP contribution in [0, 0.1) is 25.5 Å². The van der Waals surface area contributed by atoms with Gasteiger partial charge >= 0.3 is 0 Å². The van der Waals surface area contributed by atoms with Crippen LogP contribution < -0.4 is 4.90 Å². The lowest BCUT2D eigenvalue weighted by molar-refractivity contribution is 0.383. The molecule has 0 aliphatic carbocycles. The van der Waals surface area contributed by atoms with E-state index in [0.717, 1.165) is 23.5 Å². The molecule has 0 bridgehead atoms. The van der Waals surface area contributed by atoms with E-state index in [1.165, 1.54) is 10.6 Å². The molecule has 8 nitrogen and oxygen atoms in total. The fourth-order valence-corrected chi connectivity index (χ4v) is 4.94. The average molecular weight is 434 g/mol. The summed E-state index contributed by atoms with van der Waals surface area (Å²) < 4.78 is 55.4.